The maximum atomic E-state index is 12.9. The second-order valence-electron chi connectivity index (χ2n) is 33.2. The molecule has 4 amide bonds. The van der Waals surface area contributed by atoms with Crippen molar-refractivity contribution >= 4 is 90.0 Å². The summed E-state index contributed by atoms with van der Waals surface area (Å²) < 4.78 is 43.8. The van der Waals surface area contributed by atoms with Gasteiger partial charge in [-0.05, 0) is 276 Å². The van der Waals surface area contributed by atoms with Crippen LogP contribution < -0.4 is 21.3 Å². The first-order valence-corrected chi connectivity index (χ1v) is 43.7. The van der Waals surface area contributed by atoms with Gasteiger partial charge in [0.2, 0.25) is 0 Å². The highest BCUT2D eigenvalue weighted by Gasteiger charge is 2.31. The predicted octanol–water partition coefficient (Wildman–Crippen LogP) is 18.0. The number of anilines is 4. The topological polar surface area (TPSA) is 344 Å². The summed E-state index contributed by atoms with van der Waals surface area (Å²) in [6, 6.07) is 45.8. The van der Waals surface area contributed by atoms with Crippen molar-refractivity contribution in [3.8, 4) is 44.5 Å². The fourth-order valence-electron chi connectivity index (χ4n) is 16.5. The maximum absolute atomic E-state index is 12.9. The fraction of sp³-hybridized carbons (Fsp3) is 0.263. The molecule has 4 aliphatic heterocycles. The Hall–Kier alpha value is -14.5. The average molecular weight is 1750 g/mol. The molecular weight excluding hydrogens is 1650 g/mol. The van der Waals surface area contributed by atoms with Gasteiger partial charge < -0.3 is 26.0 Å². The van der Waals surface area contributed by atoms with Gasteiger partial charge in [0.05, 0.1) is 76.5 Å². The van der Waals surface area contributed by atoms with E-state index < -0.39 is 17.6 Å². The minimum absolute atomic E-state index is 0.152. The summed E-state index contributed by atoms with van der Waals surface area (Å²) in [7, 11) is 0. The lowest BCUT2D eigenvalue weighted by atomic mass is 10.0. The van der Waals surface area contributed by atoms with E-state index >= 15 is 0 Å². The van der Waals surface area contributed by atoms with Crippen LogP contribution in [0, 0.1) is 20.8 Å². The molecule has 0 spiro atoms. The molecule has 0 bridgehead atoms. The van der Waals surface area contributed by atoms with Crippen molar-refractivity contribution in [1.82, 2.24) is 95.3 Å². The van der Waals surface area contributed by atoms with E-state index in [9.17, 15) is 32.3 Å². The molecule has 130 heavy (non-hydrogen) atoms. The van der Waals surface area contributed by atoms with E-state index in [1.165, 1.54) is 80.2 Å². The highest BCUT2D eigenvalue weighted by molar-refractivity contribution is 6.14. The molecule has 0 saturated carbocycles. The number of morpholine rings is 1. The largest absolute Gasteiger partial charge is 0.416 e. The maximum Gasteiger partial charge on any atom is 0.416 e. The van der Waals surface area contributed by atoms with Gasteiger partial charge in [0.15, 0.2) is 22.8 Å². The Morgan fingerprint density at radius 3 is 0.992 bits per heavy atom. The molecule has 8 N–H and O–H groups in total. The predicted molar refractivity (Wildman–Crippen MR) is 496 cm³/mol. The fourth-order valence-corrected chi connectivity index (χ4v) is 16.5. The zero-order valence-corrected chi connectivity index (χ0v) is 72.3. The summed E-state index contributed by atoms with van der Waals surface area (Å²) in [5.74, 6) is -1.32. The number of amides is 4. The molecule has 4 saturated heterocycles. The normalized spacial score (nSPS) is 14.5. The standard InChI is InChI=1S/C25H22F3N5O2.2C25H26N6O.C24H24N6O/c26-25(27,28)19-2-4-20(5-3-19)30-24(34)23-21-12-17(1-6-22(21)31-32-23)18-11-16(13-29-14-18)15-33-7-9-35-10-8-33;2*1-17-5-7-21(15-27-17)28-25(32)24-22-12-19(6-8-23(22)29-30-24)20-11-18(13-26-14-20)16-31-9-3-2-4-10-31;1-16-6-7-25-14-22(16)27-24(31)23-20-11-18(4-5-21(20)28-29-23)19-10-17(12-26-13-19)15-30-8-2-3-9-30/h1-6,11-14H,7-10,15H2,(H,30,34)(H,31,32);2*5-8,11-15H,2-4,9-10,16H2,1H3,(H,28,32)(H,29,30);4-7,10-14H,2-3,8-9,15H2,1H3,(H,27,31)(H,28,29). The molecule has 16 aromatic rings. The first-order valence-electron chi connectivity index (χ1n) is 43.7. The average Bonchev–Trinajstić information content (AvgIpc) is 1.64. The van der Waals surface area contributed by atoms with E-state index in [4.69, 9.17) is 4.74 Å². The van der Waals surface area contributed by atoms with E-state index in [2.05, 4.69) is 141 Å². The van der Waals surface area contributed by atoms with E-state index in [-0.39, 0.29) is 29.1 Å². The Kier molecular flexibility index (Phi) is 27.4. The molecule has 11 aromatic heterocycles. The number of pyridine rings is 7. The minimum Gasteiger partial charge on any atom is -0.379 e. The second kappa shape index (κ2) is 40.6. The molecule has 5 aromatic carbocycles. The molecule has 0 unspecified atom stereocenters. The van der Waals surface area contributed by atoms with E-state index in [0.717, 1.165) is 204 Å². The van der Waals surface area contributed by atoms with E-state index in [1.54, 1.807) is 31.0 Å². The Morgan fingerprint density at radius 1 is 0.338 bits per heavy atom. The zero-order chi connectivity index (χ0) is 89.5. The summed E-state index contributed by atoms with van der Waals surface area (Å²) in [6.45, 7) is 19.4. The Labute approximate surface area is 747 Å². The number of nitrogens with one attached hydrogen (secondary N) is 8. The van der Waals surface area contributed by atoms with Gasteiger partial charge in [-0.25, -0.2) is 0 Å². The number of aromatic amines is 4. The van der Waals surface area contributed by atoms with Crippen molar-refractivity contribution < 1.29 is 37.1 Å². The van der Waals surface area contributed by atoms with Crippen molar-refractivity contribution in [2.75, 3.05) is 86.8 Å². The van der Waals surface area contributed by atoms with Crippen LogP contribution in [0.3, 0.4) is 0 Å². The number of piperidine rings is 2. The number of hydrogen-bond acceptors (Lipinski definition) is 20. The molecule has 4 aliphatic rings. The molecule has 31 heteroatoms. The van der Waals surface area contributed by atoms with Crippen LogP contribution in [-0.4, -0.2) is 184 Å². The highest BCUT2D eigenvalue weighted by atomic mass is 19.4. The van der Waals surface area contributed by atoms with Gasteiger partial charge in [-0.2, -0.15) is 33.6 Å². The van der Waals surface area contributed by atoms with Crippen LogP contribution in [0.1, 0.15) is 138 Å². The number of rotatable bonds is 20. The SMILES string of the molecule is Cc1ccc(NC(=O)c2n[nH]c3ccc(-c4cncc(CN5CCCCC5)c4)cc23)cn1.Cc1ccc(NC(=O)c2n[nH]c3ccc(-c4cncc(CN5CCCCC5)c4)cc23)cn1.Cc1ccncc1NC(=O)c1n[nH]c2ccc(-c3cncc(CN4CCCC4)c3)cc12.O=C(Nc1ccc(C(F)(F)F)cc1)c1n[nH]c2ccc(-c3cncc(CN4CCOCC4)c3)cc12. The Balaban J connectivity index is 0.000000122. The number of carbonyl (C=O) groups is 4. The Morgan fingerprint density at radius 2 is 0.662 bits per heavy atom. The van der Waals surface area contributed by atoms with Gasteiger partial charge in [0, 0.05) is 156 Å². The number of fused-ring (bicyclic) bond motifs is 4. The van der Waals surface area contributed by atoms with Crippen LogP contribution in [0.15, 0.2) is 226 Å². The molecule has 15 heterocycles. The smallest absolute Gasteiger partial charge is 0.379 e. The molecule has 0 radical (unpaired) electrons. The Bertz CT molecular complexity index is 6470. The minimum atomic E-state index is -4.44. The van der Waals surface area contributed by atoms with Crippen LogP contribution in [0.4, 0.5) is 35.9 Å². The number of likely N-dealkylation sites (tertiary alicyclic amines) is 3. The summed E-state index contributed by atoms with van der Waals surface area (Å²) in [5, 5.41) is 42.8. The molecule has 660 valence electrons. The number of aryl methyl sites for hydroxylation is 3. The molecule has 28 nitrogen and oxygen atoms in total. The lowest BCUT2D eigenvalue weighted by molar-refractivity contribution is -0.137. The van der Waals surface area contributed by atoms with Crippen molar-refractivity contribution in [2.45, 2.75) is 104 Å². The van der Waals surface area contributed by atoms with Gasteiger partial charge in [-0.1, -0.05) is 37.1 Å². The van der Waals surface area contributed by atoms with Crippen LogP contribution >= 0.6 is 0 Å². The van der Waals surface area contributed by atoms with Gasteiger partial charge in [0.1, 0.15) is 0 Å². The van der Waals surface area contributed by atoms with Gasteiger partial charge in [-0.3, -0.25) is 94.1 Å². The first kappa shape index (κ1) is 87.6. The van der Waals surface area contributed by atoms with Crippen LogP contribution in [0.25, 0.3) is 88.1 Å². The second-order valence-corrected chi connectivity index (χ2v) is 33.2. The van der Waals surface area contributed by atoms with Gasteiger partial charge in [-0.15, -0.1) is 0 Å². The number of hydrogen-bond donors (Lipinski definition) is 8. The molecule has 0 atom stereocenters. The van der Waals surface area contributed by atoms with Crippen LogP contribution in [-0.2, 0) is 37.1 Å². The number of nitrogens with zero attached hydrogens (tertiary/aromatic N) is 15. The quantitative estimate of drug-likeness (QED) is 0.0351. The lowest BCUT2D eigenvalue weighted by Crippen LogP contribution is -2.35. The number of alkyl halides is 3. The van der Waals surface area contributed by atoms with Crippen molar-refractivity contribution in [3.63, 3.8) is 0 Å². The number of halogens is 3. The van der Waals surface area contributed by atoms with Crippen molar-refractivity contribution in [2.24, 2.45) is 0 Å². The molecule has 0 aliphatic carbocycles. The monoisotopic (exact) mass is 1750 g/mol. The molecule has 20 rings (SSSR count). The number of benzene rings is 5. The summed E-state index contributed by atoms with van der Waals surface area (Å²) >= 11 is 0. The zero-order valence-electron chi connectivity index (χ0n) is 72.3. The van der Waals surface area contributed by atoms with E-state index in [0.29, 0.717) is 45.0 Å². The summed E-state index contributed by atoms with van der Waals surface area (Å²) in [5.41, 5.74) is 21.2. The summed E-state index contributed by atoms with van der Waals surface area (Å²) in [4.78, 5) is 91.6. The van der Waals surface area contributed by atoms with Crippen LogP contribution in [0.5, 0.6) is 0 Å². The molecule has 4 fully saturated rings. The highest BCUT2D eigenvalue weighted by Crippen LogP contribution is 2.35. The van der Waals surface area contributed by atoms with Gasteiger partial charge in [0.25, 0.3) is 23.6 Å². The third-order valence-corrected chi connectivity index (χ3v) is 23.5. The van der Waals surface area contributed by atoms with Crippen molar-refractivity contribution in [1.29, 1.82) is 0 Å². The number of ether oxygens (including phenoxy) is 1. The third-order valence-electron chi connectivity index (χ3n) is 23.5. The number of aromatic nitrogens is 15. The number of H-pyrrole nitrogens is 4. The number of carbonyl (C=O) groups excluding carboxylic acids is 4. The molecular formula is C99H98F3N23O5. The summed E-state index contributed by atoms with van der Waals surface area (Å²) in [6.07, 6.45) is 27.5. The van der Waals surface area contributed by atoms with Gasteiger partial charge >= 0.3 is 6.18 Å². The van der Waals surface area contributed by atoms with Crippen molar-refractivity contribution in [3.05, 3.63) is 294 Å². The lowest BCUT2D eigenvalue weighted by Gasteiger charge is -2.26. The third kappa shape index (κ3) is 22.0. The first-order chi connectivity index (χ1) is 63.3. The van der Waals surface area contributed by atoms with E-state index in [1.807, 2.05) is 167 Å². The van der Waals surface area contributed by atoms with Crippen LogP contribution in [0.2, 0.25) is 0 Å².